The van der Waals surface area contributed by atoms with E-state index in [1.54, 1.807) is 18.2 Å². The summed E-state index contributed by atoms with van der Waals surface area (Å²) in [6.07, 6.45) is 0.00132. The molecule has 3 rings (SSSR count). The summed E-state index contributed by atoms with van der Waals surface area (Å²) >= 11 is 0. The molecule has 0 radical (unpaired) electrons. The van der Waals surface area contributed by atoms with Crippen LogP contribution in [0.25, 0.3) is 0 Å². The number of hydrogen-bond donors (Lipinski definition) is 1. The number of halogens is 3. The van der Waals surface area contributed by atoms with Gasteiger partial charge in [0.1, 0.15) is 11.6 Å². The predicted molar refractivity (Wildman–Crippen MR) is 91.8 cm³/mol. The second-order valence-corrected chi connectivity index (χ2v) is 6.10. The monoisotopic (exact) mass is 378 g/mol. The van der Waals surface area contributed by atoms with Gasteiger partial charge in [-0.2, -0.15) is 8.78 Å². The topological polar surface area (TPSA) is 58.6 Å². The first-order chi connectivity index (χ1) is 12.9. The van der Waals surface area contributed by atoms with Gasteiger partial charge in [-0.15, -0.1) is 0 Å². The Hall–Kier alpha value is -3.03. The zero-order valence-electron chi connectivity index (χ0n) is 14.2. The third-order valence-electron chi connectivity index (χ3n) is 4.25. The molecule has 0 unspecified atom stereocenters. The van der Waals surface area contributed by atoms with Gasteiger partial charge in [-0.25, -0.2) is 4.39 Å². The molecule has 1 fully saturated rings. The van der Waals surface area contributed by atoms with Gasteiger partial charge in [0.2, 0.25) is 11.8 Å². The Morgan fingerprint density at radius 1 is 1.19 bits per heavy atom. The highest BCUT2D eigenvalue weighted by atomic mass is 19.3. The third kappa shape index (κ3) is 4.58. The van der Waals surface area contributed by atoms with Crippen LogP contribution in [0.1, 0.15) is 12.0 Å². The summed E-state index contributed by atoms with van der Waals surface area (Å²) in [5.41, 5.74) is 0.854. The molecule has 1 aliphatic rings. The summed E-state index contributed by atoms with van der Waals surface area (Å²) in [5.74, 6) is -1.71. The van der Waals surface area contributed by atoms with Crippen molar-refractivity contribution in [1.29, 1.82) is 0 Å². The highest BCUT2D eigenvalue weighted by molar-refractivity contribution is 6.00. The fraction of sp³-hybridized carbons (Fsp3) is 0.263. The smallest absolute Gasteiger partial charge is 0.387 e. The van der Waals surface area contributed by atoms with Gasteiger partial charge in [0.25, 0.3) is 0 Å². The molecule has 5 nitrogen and oxygen atoms in total. The SMILES string of the molecule is O=C(NCc1ccc(OC(F)F)cc1)[C@H]1CC(=O)N(c2ccccc2F)C1. The van der Waals surface area contributed by atoms with Crippen LogP contribution in [0.4, 0.5) is 18.9 Å². The van der Waals surface area contributed by atoms with Crippen molar-refractivity contribution in [3.8, 4) is 5.75 Å². The molecule has 2 amide bonds. The van der Waals surface area contributed by atoms with Crippen molar-refractivity contribution in [3.63, 3.8) is 0 Å². The van der Waals surface area contributed by atoms with Crippen LogP contribution in [-0.2, 0) is 16.1 Å². The second-order valence-electron chi connectivity index (χ2n) is 6.10. The van der Waals surface area contributed by atoms with E-state index < -0.39 is 18.3 Å². The van der Waals surface area contributed by atoms with Gasteiger partial charge in [0.15, 0.2) is 0 Å². The van der Waals surface area contributed by atoms with Crippen LogP contribution in [0.3, 0.4) is 0 Å². The molecular formula is C19H17F3N2O3. The number of para-hydroxylation sites is 1. The lowest BCUT2D eigenvalue weighted by atomic mass is 10.1. The van der Waals surface area contributed by atoms with E-state index in [1.807, 2.05) is 0 Å². The lowest BCUT2D eigenvalue weighted by molar-refractivity contribution is -0.126. The first kappa shape index (κ1) is 18.8. The van der Waals surface area contributed by atoms with Gasteiger partial charge in [-0.05, 0) is 29.8 Å². The quantitative estimate of drug-likeness (QED) is 0.840. The number of ether oxygens (including phenoxy) is 1. The van der Waals surface area contributed by atoms with Crippen molar-refractivity contribution in [2.24, 2.45) is 5.92 Å². The van der Waals surface area contributed by atoms with Gasteiger partial charge in [-0.1, -0.05) is 24.3 Å². The minimum absolute atomic E-state index is 0.00132. The van der Waals surface area contributed by atoms with Gasteiger partial charge < -0.3 is 15.0 Å². The van der Waals surface area contributed by atoms with Crippen molar-refractivity contribution >= 4 is 17.5 Å². The number of amides is 2. The van der Waals surface area contributed by atoms with Crippen molar-refractivity contribution in [1.82, 2.24) is 5.32 Å². The van der Waals surface area contributed by atoms with Gasteiger partial charge in [0.05, 0.1) is 11.6 Å². The molecule has 2 aromatic rings. The lowest BCUT2D eigenvalue weighted by Gasteiger charge is -2.17. The van der Waals surface area contributed by atoms with E-state index in [2.05, 4.69) is 10.1 Å². The molecular weight excluding hydrogens is 361 g/mol. The number of nitrogens with zero attached hydrogens (tertiary/aromatic N) is 1. The Labute approximate surface area is 153 Å². The molecule has 1 N–H and O–H groups in total. The minimum atomic E-state index is -2.90. The minimum Gasteiger partial charge on any atom is -0.435 e. The van der Waals surface area contributed by atoms with E-state index >= 15 is 0 Å². The molecule has 1 heterocycles. The van der Waals surface area contributed by atoms with Crippen molar-refractivity contribution in [3.05, 3.63) is 59.9 Å². The fourth-order valence-corrected chi connectivity index (χ4v) is 2.91. The Kier molecular flexibility index (Phi) is 5.63. The summed E-state index contributed by atoms with van der Waals surface area (Å²) in [6.45, 7) is -2.61. The number of rotatable bonds is 6. The Balaban J connectivity index is 1.56. The molecule has 27 heavy (non-hydrogen) atoms. The second kappa shape index (κ2) is 8.11. The average Bonchev–Trinajstić information content (AvgIpc) is 3.02. The number of nitrogens with one attached hydrogen (secondary N) is 1. The normalized spacial score (nSPS) is 16.7. The molecule has 142 valence electrons. The van der Waals surface area contributed by atoms with Crippen molar-refractivity contribution in [2.75, 3.05) is 11.4 Å². The largest absolute Gasteiger partial charge is 0.435 e. The number of benzene rings is 2. The van der Waals surface area contributed by atoms with Gasteiger partial charge in [0, 0.05) is 19.5 Å². The predicted octanol–water partition coefficient (Wildman–Crippen LogP) is 3.10. The van der Waals surface area contributed by atoms with Crippen LogP contribution in [0.5, 0.6) is 5.75 Å². The highest BCUT2D eigenvalue weighted by Crippen LogP contribution is 2.27. The van der Waals surface area contributed by atoms with Crippen LogP contribution < -0.4 is 15.0 Å². The number of anilines is 1. The number of carbonyl (C=O) groups excluding carboxylic acids is 2. The van der Waals surface area contributed by atoms with Crippen LogP contribution >= 0.6 is 0 Å². The number of alkyl halides is 2. The molecule has 0 bridgehead atoms. The molecule has 1 saturated heterocycles. The molecule has 2 aromatic carbocycles. The summed E-state index contributed by atoms with van der Waals surface area (Å²) in [5, 5.41) is 2.71. The Morgan fingerprint density at radius 2 is 1.89 bits per heavy atom. The molecule has 0 spiro atoms. The first-order valence-corrected chi connectivity index (χ1v) is 8.30. The zero-order valence-corrected chi connectivity index (χ0v) is 14.2. The number of carbonyl (C=O) groups is 2. The fourth-order valence-electron chi connectivity index (χ4n) is 2.91. The van der Waals surface area contributed by atoms with Crippen LogP contribution in [0, 0.1) is 11.7 Å². The van der Waals surface area contributed by atoms with E-state index in [0.29, 0.717) is 5.56 Å². The maximum Gasteiger partial charge on any atom is 0.387 e. The molecule has 0 aromatic heterocycles. The van der Waals surface area contributed by atoms with Crippen molar-refractivity contribution in [2.45, 2.75) is 19.6 Å². The van der Waals surface area contributed by atoms with Crippen molar-refractivity contribution < 1.29 is 27.5 Å². The zero-order chi connectivity index (χ0) is 19.4. The molecule has 1 aliphatic heterocycles. The molecule has 1 atom stereocenters. The van der Waals surface area contributed by atoms with Gasteiger partial charge >= 0.3 is 6.61 Å². The summed E-state index contributed by atoms with van der Waals surface area (Å²) in [6, 6.07) is 11.8. The highest BCUT2D eigenvalue weighted by Gasteiger charge is 2.35. The van der Waals surface area contributed by atoms with E-state index in [9.17, 15) is 22.8 Å². The third-order valence-corrected chi connectivity index (χ3v) is 4.25. The van der Waals surface area contributed by atoms with Crippen LogP contribution in [-0.4, -0.2) is 25.0 Å². The van der Waals surface area contributed by atoms with E-state index in [1.165, 1.54) is 35.2 Å². The Morgan fingerprint density at radius 3 is 2.56 bits per heavy atom. The lowest BCUT2D eigenvalue weighted by Crippen LogP contribution is -2.32. The summed E-state index contributed by atoms with van der Waals surface area (Å²) in [7, 11) is 0. The first-order valence-electron chi connectivity index (χ1n) is 8.30. The van der Waals surface area contributed by atoms with Gasteiger partial charge in [-0.3, -0.25) is 9.59 Å². The van der Waals surface area contributed by atoms with Crippen LogP contribution in [0.15, 0.2) is 48.5 Å². The average molecular weight is 378 g/mol. The standard InChI is InChI=1S/C19H17F3N2O3/c20-15-3-1-2-4-16(15)24-11-13(9-17(24)25)18(26)23-10-12-5-7-14(8-6-12)27-19(21)22/h1-8,13,19H,9-11H2,(H,23,26)/t13-/m0/s1. The molecule has 8 heteroatoms. The van der Waals surface area contributed by atoms with E-state index in [-0.39, 0.29) is 42.8 Å². The van der Waals surface area contributed by atoms with Crippen LogP contribution in [0.2, 0.25) is 0 Å². The number of hydrogen-bond acceptors (Lipinski definition) is 3. The summed E-state index contributed by atoms with van der Waals surface area (Å²) < 4.78 is 42.4. The van der Waals surface area contributed by atoms with E-state index in [4.69, 9.17) is 0 Å². The maximum absolute atomic E-state index is 13.9. The Bertz CT molecular complexity index is 827. The molecule has 0 aliphatic carbocycles. The van der Waals surface area contributed by atoms with E-state index in [0.717, 1.165) is 0 Å². The molecule has 0 saturated carbocycles. The maximum atomic E-state index is 13.9. The summed E-state index contributed by atoms with van der Waals surface area (Å²) in [4.78, 5) is 25.8.